The normalized spacial score (nSPS) is 9.26. The average molecular weight is 600 g/mol. The van der Waals surface area contributed by atoms with Gasteiger partial charge in [0.25, 0.3) is 0 Å². The van der Waals surface area contributed by atoms with E-state index in [2.05, 4.69) is 0 Å². The van der Waals surface area contributed by atoms with Crippen LogP contribution in [-0.4, -0.2) is 0 Å². The van der Waals surface area contributed by atoms with Crippen LogP contribution in [0, 0.1) is 59.8 Å². The van der Waals surface area contributed by atoms with E-state index in [9.17, 15) is 17.6 Å². The Balaban J connectivity index is 0.000000438. The van der Waals surface area contributed by atoms with Crippen molar-refractivity contribution >= 4 is 18.8 Å². The van der Waals surface area contributed by atoms with E-state index in [-0.39, 0.29) is 24.0 Å². The molecule has 2 aromatic rings. The standard InChI is InChI=1S/2C9H7F2N.2ClH.Pt/c2*1-6-2-3-8(10)7(4-5-12)9(6)11;;;/h2*2-3H,4H2,1H3;2*1H;/q;;;;+2/p-2. The molecule has 9 heteroatoms. The van der Waals surface area contributed by atoms with Crippen molar-refractivity contribution in [1.82, 2.24) is 0 Å². The molecule has 0 heterocycles. The van der Waals surface area contributed by atoms with Crippen molar-refractivity contribution < 1.29 is 34.0 Å². The van der Waals surface area contributed by atoms with Crippen molar-refractivity contribution in [3.63, 3.8) is 0 Å². The van der Waals surface area contributed by atoms with Crippen molar-refractivity contribution in [2.45, 2.75) is 26.7 Å². The minimum atomic E-state index is -0.653. The van der Waals surface area contributed by atoms with Crippen molar-refractivity contribution in [3.8, 4) is 12.1 Å². The summed E-state index contributed by atoms with van der Waals surface area (Å²) in [5, 5.41) is 16.6. The molecule has 0 fully saturated rings. The minimum absolute atomic E-state index is 0.141. The van der Waals surface area contributed by atoms with Gasteiger partial charge in [0, 0.05) is 11.1 Å². The van der Waals surface area contributed by atoms with Gasteiger partial charge in [0.2, 0.25) is 0 Å². The van der Waals surface area contributed by atoms with E-state index in [1.807, 2.05) is 0 Å². The number of hydrogen-bond acceptors (Lipinski definition) is 2. The first kappa shape index (κ1) is 25.4. The molecule has 0 unspecified atom stereocenters. The average Bonchev–Trinajstić information content (AvgIpc) is 2.63. The Labute approximate surface area is 171 Å². The van der Waals surface area contributed by atoms with Crippen LogP contribution in [0.4, 0.5) is 17.6 Å². The second kappa shape index (κ2) is 13.6. The van der Waals surface area contributed by atoms with Gasteiger partial charge in [0.15, 0.2) is 0 Å². The molecule has 2 nitrogen and oxygen atoms in total. The third-order valence-electron chi connectivity index (χ3n) is 3.27. The molecular formula is C18H14Cl2F4N2Pt. The monoisotopic (exact) mass is 599 g/mol. The van der Waals surface area contributed by atoms with Crippen LogP contribution in [0.1, 0.15) is 22.3 Å². The molecule has 0 aliphatic carbocycles. The molecule has 2 aromatic carbocycles. The summed E-state index contributed by atoms with van der Waals surface area (Å²) in [7, 11) is 9.75. The first-order valence-electron chi connectivity index (χ1n) is 7.18. The predicted octanol–water partition coefficient (Wildman–Crippen LogP) is 6.06. The molecule has 0 saturated carbocycles. The number of benzene rings is 2. The Morgan fingerprint density at radius 1 is 0.778 bits per heavy atom. The van der Waals surface area contributed by atoms with Crippen LogP contribution in [0.5, 0.6) is 0 Å². The number of nitrogens with zero attached hydrogens (tertiary/aromatic N) is 2. The Kier molecular flexibility index (Phi) is 12.8. The summed E-state index contributed by atoms with van der Waals surface area (Å²) in [4.78, 5) is 0. The van der Waals surface area contributed by atoms with Crippen LogP contribution in [0.2, 0.25) is 0 Å². The van der Waals surface area contributed by atoms with Gasteiger partial charge in [-0.15, -0.1) is 0 Å². The van der Waals surface area contributed by atoms with E-state index in [0.717, 1.165) is 0 Å². The number of aryl methyl sites for hydroxylation is 2. The first-order chi connectivity index (χ1) is 12.7. The fraction of sp³-hybridized carbons (Fsp3) is 0.222. The van der Waals surface area contributed by atoms with Crippen molar-refractivity contribution in [2.75, 3.05) is 0 Å². The summed E-state index contributed by atoms with van der Waals surface area (Å²) in [5.74, 6) is -2.53. The van der Waals surface area contributed by atoms with Crippen LogP contribution < -0.4 is 0 Å². The number of halogens is 6. The molecule has 0 aliphatic rings. The van der Waals surface area contributed by atoms with E-state index in [1.165, 1.54) is 38.1 Å². The molecular weight excluding hydrogens is 586 g/mol. The van der Waals surface area contributed by atoms with E-state index in [1.54, 1.807) is 12.1 Å². The van der Waals surface area contributed by atoms with Gasteiger partial charge in [-0.1, -0.05) is 12.1 Å². The summed E-state index contributed by atoms with van der Waals surface area (Å²) >= 11 is -0.472. The Morgan fingerprint density at radius 2 is 1.07 bits per heavy atom. The number of rotatable bonds is 2. The summed E-state index contributed by atoms with van der Waals surface area (Å²) in [6, 6.07) is 8.47. The fourth-order valence-electron chi connectivity index (χ4n) is 1.91. The maximum atomic E-state index is 13.1. The molecule has 2 rings (SSSR count). The predicted molar refractivity (Wildman–Crippen MR) is 92.5 cm³/mol. The Morgan fingerprint density at radius 3 is 1.33 bits per heavy atom. The third kappa shape index (κ3) is 8.31. The van der Waals surface area contributed by atoms with Crippen molar-refractivity contribution in [2.24, 2.45) is 0 Å². The molecule has 148 valence electrons. The molecule has 0 bridgehead atoms. The molecule has 0 spiro atoms. The van der Waals surface area contributed by atoms with E-state index < -0.39 is 39.7 Å². The Bertz CT molecular complexity index is 779. The molecule has 27 heavy (non-hydrogen) atoms. The van der Waals surface area contributed by atoms with E-state index in [4.69, 9.17) is 29.4 Å². The topological polar surface area (TPSA) is 47.6 Å². The molecule has 0 aromatic heterocycles. The van der Waals surface area contributed by atoms with Gasteiger partial charge in [-0.05, 0) is 37.1 Å². The summed E-state index contributed by atoms with van der Waals surface area (Å²) in [6.07, 6.45) is -0.446. The van der Waals surface area contributed by atoms with E-state index >= 15 is 0 Å². The van der Waals surface area contributed by atoms with Crippen molar-refractivity contribution in [3.05, 3.63) is 69.8 Å². The molecule has 0 saturated heterocycles. The Hall–Kier alpha value is -1.59. The quantitative estimate of drug-likeness (QED) is 0.394. The maximum absolute atomic E-state index is 13.1. The fourth-order valence-corrected chi connectivity index (χ4v) is 1.91. The van der Waals surface area contributed by atoms with Crippen LogP contribution in [0.3, 0.4) is 0 Å². The SMILES string of the molecule is Cc1ccc(F)c(CC#N)c1F.Cc1ccc(F)c(CC#N)c1F.[Cl][Pt][Cl]. The van der Waals surface area contributed by atoms with Crippen LogP contribution in [-0.2, 0) is 29.3 Å². The van der Waals surface area contributed by atoms with Crippen molar-refractivity contribution in [1.29, 1.82) is 10.5 Å². The molecule has 0 aliphatic heterocycles. The zero-order valence-electron chi connectivity index (χ0n) is 14.2. The molecule has 0 radical (unpaired) electrons. The van der Waals surface area contributed by atoms with Crippen LogP contribution in [0.25, 0.3) is 0 Å². The molecule has 0 atom stereocenters. The zero-order valence-corrected chi connectivity index (χ0v) is 18.0. The van der Waals surface area contributed by atoms with Gasteiger partial charge in [-0.3, -0.25) is 0 Å². The van der Waals surface area contributed by atoms with Crippen LogP contribution >= 0.6 is 18.8 Å². The first-order valence-corrected chi connectivity index (χ1v) is 12.8. The second-order valence-electron chi connectivity index (χ2n) is 5.03. The number of hydrogen-bond donors (Lipinski definition) is 0. The second-order valence-corrected chi connectivity index (χ2v) is 8.31. The van der Waals surface area contributed by atoms with Gasteiger partial charge < -0.3 is 0 Å². The van der Waals surface area contributed by atoms with Gasteiger partial charge in [-0.25, -0.2) is 17.6 Å². The zero-order chi connectivity index (χ0) is 21.0. The van der Waals surface area contributed by atoms with Gasteiger partial charge in [0.1, 0.15) is 23.3 Å². The van der Waals surface area contributed by atoms with Crippen LogP contribution in [0.15, 0.2) is 24.3 Å². The van der Waals surface area contributed by atoms with E-state index in [0.29, 0.717) is 11.1 Å². The summed E-state index contributed by atoms with van der Waals surface area (Å²) in [5.41, 5.74) is 0.443. The molecule has 0 amide bonds. The third-order valence-corrected chi connectivity index (χ3v) is 3.27. The molecule has 0 N–H and O–H groups in total. The van der Waals surface area contributed by atoms with Gasteiger partial charge in [0.05, 0.1) is 25.0 Å². The van der Waals surface area contributed by atoms with Gasteiger partial charge in [-0.2, -0.15) is 10.5 Å². The summed E-state index contributed by atoms with van der Waals surface area (Å²) < 4.78 is 51.8. The van der Waals surface area contributed by atoms with Gasteiger partial charge >= 0.3 is 35.3 Å². The summed E-state index contributed by atoms with van der Waals surface area (Å²) in [6.45, 7) is 3.07. The number of nitriles is 2.